The maximum atomic E-state index is 11.0. The summed E-state index contributed by atoms with van der Waals surface area (Å²) in [4.78, 5) is 23.3. The molecule has 0 aromatic heterocycles. The fourth-order valence-electron chi connectivity index (χ4n) is 2.51. The van der Waals surface area contributed by atoms with E-state index in [1.54, 1.807) is 6.07 Å². The molecule has 2 rings (SSSR count). The third-order valence-corrected chi connectivity index (χ3v) is 3.72. The van der Waals surface area contributed by atoms with E-state index in [-0.39, 0.29) is 11.3 Å². The summed E-state index contributed by atoms with van der Waals surface area (Å²) in [6.45, 7) is 2.26. The third-order valence-electron chi connectivity index (χ3n) is 3.72. The van der Waals surface area contributed by atoms with Crippen molar-refractivity contribution in [2.75, 3.05) is 31.7 Å². The molecule has 0 amide bonds. The maximum Gasteiger partial charge on any atom is 0.342 e. The zero-order chi connectivity index (χ0) is 15.4. The number of carboxylic acid groups (broad SMARTS) is 1. The Morgan fingerprint density at radius 1 is 1.48 bits per heavy atom. The predicted octanol–water partition coefficient (Wildman–Crippen LogP) is 2.16. The molecule has 7 heteroatoms. The van der Waals surface area contributed by atoms with Gasteiger partial charge in [0, 0.05) is 38.6 Å². The molecule has 21 heavy (non-hydrogen) atoms. The lowest BCUT2D eigenvalue weighted by atomic mass is 9.99. The van der Waals surface area contributed by atoms with Gasteiger partial charge >= 0.3 is 5.97 Å². The molecule has 0 aliphatic carbocycles. The largest absolute Gasteiger partial charge is 0.477 e. The zero-order valence-electron chi connectivity index (χ0n) is 11.8. The summed E-state index contributed by atoms with van der Waals surface area (Å²) in [5.74, 6) is -0.803. The van der Waals surface area contributed by atoms with Gasteiger partial charge in [-0.05, 0) is 30.9 Å². The van der Waals surface area contributed by atoms with E-state index in [9.17, 15) is 14.9 Å². The highest BCUT2D eigenvalue weighted by Gasteiger charge is 2.22. The Balaban J connectivity index is 2.17. The first-order valence-electron chi connectivity index (χ1n) is 6.79. The van der Waals surface area contributed by atoms with Crippen LogP contribution in [0.4, 0.5) is 11.4 Å². The predicted molar refractivity (Wildman–Crippen MR) is 76.9 cm³/mol. The topological polar surface area (TPSA) is 92.9 Å². The average molecular weight is 294 g/mol. The van der Waals surface area contributed by atoms with Crippen LogP contribution in [0.15, 0.2) is 18.2 Å². The standard InChI is InChI=1S/C14H18N2O5/c1-15(9-10-4-6-21-7-5-10)11-2-3-12(14(17)18)13(8-11)16(19)20/h2-3,8,10H,4-7,9H2,1H3,(H,17,18). The number of nitrogens with zero attached hydrogens (tertiary/aromatic N) is 2. The number of aromatic carboxylic acids is 1. The van der Waals surface area contributed by atoms with E-state index < -0.39 is 10.9 Å². The summed E-state index contributed by atoms with van der Waals surface area (Å²) in [6.07, 6.45) is 1.94. The Bertz CT molecular complexity index is 540. The van der Waals surface area contributed by atoms with Crippen molar-refractivity contribution >= 4 is 17.3 Å². The summed E-state index contributed by atoms with van der Waals surface area (Å²) in [7, 11) is 1.86. The second-order valence-electron chi connectivity index (χ2n) is 5.20. The lowest BCUT2D eigenvalue weighted by Crippen LogP contribution is -2.29. The highest BCUT2D eigenvalue weighted by atomic mass is 16.6. The number of rotatable bonds is 5. The zero-order valence-corrected chi connectivity index (χ0v) is 11.8. The molecular formula is C14H18N2O5. The minimum Gasteiger partial charge on any atom is -0.477 e. The van der Waals surface area contributed by atoms with Crippen molar-refractivity contribution in [1.82, 2.24) is 0 Å². The van der Waals surface area contributed by atoms with Crippen LogP contribution in [0.3, 0.4) is 0 Å². The molecule has 1 fully saturated rings. The lowest BCUT2D eigenvalue weighted by molar-refractivity contribution is -0.385. The fourth-order valence-corrected chi connectivity index (χ4v) is 2.51. The van der Waals surface area contributed by atoms with Gasteiger partial charge in [-0.3, -0.25) is 10.1 Å². The van der Waals surface area contributed by atoms with Crippen LogP contribution in [-0.4, -0.2) is 42.8 Å². The lowest BCUT2D eigenvalue weighted by Gasteiger charge is -2.28. The molecular weight excluding hydrogens is 276 g/mol. The van der Waals surface area contributed by atoms with E-state index in [0.29, 0.717) is 11.6 Å². The maximum absolute atomic E-state index is 11.0. The molecule has 1 aromatic rings. The van der Waals surface area contributed by atoms with Crippen LogP contribution in [0, 0.1) is 16.0 Å². The van der Waals surface area contributed by atoms with Gasteiger partial charge < -0.3 is 14.7 Å². The van der Waals surface area contributed by atoms with Gasteiger partial charge in [-0.15, -0.1) is 0 Å². The van der Waals surface area contributed by atoms with Crippen molar-refractivity contribution < 1.29 is 19.6 Å². The number of hydrogen-bond acceptors (Lipinski definition) is 5. The van der Waals surface area contributed by atoms with Crippen LogP contribution < -0.4 is 4.90 Å². The van der Waals surface area contributed by atoms with Gasteiger partial charge in [0.05, 0.1) is 4.92 Å². The first-order valence-corrected chi connectivity index (χ1v) is 6.79. The molecule has 1 aliphatic rings. The second kappa shape index (κ2) is 6.53. The molecule has 7 nitrogen and oxygen atoms in total. The van der Waals surface area contributed by atoms with Crippen LogP contribution in [0.25, 0.3) is 0 Å². The van der Waals surface area contributed by atoms with E-state index in [1.807, 2.05) is 11.9 Å². The number of carbonyl (C=O) groups is 1. The van der Waals surface area contributed by atoms with Gasteiger partial charge in [0.1, 0.15) is 5.56 Å². The van der Waals surface area contributed by atoms with Crippen molar-refractivity contribution in [3.8, 4) is 0 Å². The SMILES string of the molecule is CN(CC1CCOCC1)c1ccc(C(=O)O)c([N+](=O)[O-])c1. The van der Waals surface area contributed by atoms with Crippen LogP contribution >= 0.6 is 0 Å². The Morgan fingerprint density at radius 3 is 2.71 bits per heavy atom. The Kier molecular flexibility index (Phi) is 4.74. The molecule has 1 aliphatic heterocycles. The van der Waals surface area contributed by atoms with Crippen molar-refractivity contribution in [1.29, 1.82) is 0 Å². The summed E-state index contributed by atoms with van der Waals surface area (Å²) >= 11 is 0. The first-order chi connectivity index (χ1) is 9.99. The molecule has 1 heterocycles. The summed E-state index contributed by atoms with van der Waals surface area (Å²) in [5, 5.41) is 20.0. The molecule has 0 radical (unpaired) electrons. The van der Waals surface area contributed by atoms with E-state index in [4.69, 9.17) is 9.84 Å². The second-order valence-corrected chi connectivity index (χ2v) is 5.20. The minimum absolute atomic E-state index is 0.289. The fraction of sp³-hybridized carbons (Fsp3) is 0.500. The molecule has 0 saturated carbocycles. The summed E-state index contributed by atoms with van der Waals surface area (Å²) in [5.41, 5.74) is -0.0137. The molecule has 1 saturated heterocycles. The van der Waals surface area contributed by atoms with Gasteiger partial charge in [0.25, 0.3) is 5.69 Å². The van der Waals surface area contributed by atoms with E-state index in [0.717, 1.165) is 32.6 Å². The molecule has 1 aromatic carbocycles. The van der Waals surface area contributed by atoms with Gasteiger partial charge in [-0.25, -0.2) is 4.79 Å². The van der Waals surface area contributed by atoms with E-state index in [2.05, 4.69) is 0 Å². The number of benzene rings is 1. The molecule has 1 N–H and O–H groups in total. The van der Waals surface area contributed by atoms with Gasteiger partial charge in [0.15, 0.2) is 0 Å². The molecule has 0 spiro atoms. The number of ether oxygens (including phenoxy) is 1. The monoisotopic (exact) mass is 294 g/mol. The molecule has 0 bridgehead atoms. The van der Waals surface area contributed by atoms with Crippen molar-refractivity contribution in [3.05, 3.63) is 33.9 Å². The highest BCUT2D eigenvalue weighted by molar-refractivity contribution is 5.93. The number of nitro groups is 1. The Morgan fingerprint density at radius 2 is 2.14 bits per heavy atom. The molecule has 0 atom stereocenters. The number of carboxylic acids is 1. The average Bonchev–Trinajstić information content (AvgIpc) is 2.47. The summed E-state index contributed by atoms with van der Waals surface area (Å²) in [6, 6.07) is 4.22. The number of hydrogen-bond donors (Lipinski definition) is 1. The number of anilines is 1. The quantitative estimate of drug-likeness (QED) is 0.660. The Labute approximate surface area is 122 Å². The van der Waals surface area contributed by atoms with Crippen molar-refractivity contribution in [3.63, 3.8) is 0 Å². The van der Waals surface area contributed by atoms with Crippen LogP contribution in [-0.2, 0) is 4.74 Å². The van der Waals surface area contributed by atoms with Crippen molar-refractivity contribution in [2.24, 2.45) is 5.92 Å². The smallest absolute Gasteiger partial charge is 0.342 e. The highest BCUT2D eigenvalue weighted by Crippen LogP contribution is 2.26. The van der Waals surface area contributed by atoms with Crippen LogP contribution in [0.1, 0.15) is 23.2 Å². The van der Waals surface area contributed by atoms with Gasteiger partial charge in [-0.1, -0.05) is 0 Å². The summed E-state index contributed by atoms with van der Waals surface area (Å²) < 4.78 is 5.31. The third kappa shape index (κ3) is 3.69. The van der Waals surface area contributed by atoms with E-state index in [1.165, 1.54) is 12.1 Å². The molecule has 114 valence electrons. The molecule has 0 unspecified atom stereocenters. The van der Waals surface area contributed by atoms with Crippen molar-refractivity contribution in [2.45, 2.75) is 12.8 Å². The van der Waals surface area contributed by atoms with Gasteiger partial charge in [-0.2, -0.15) is 0 Å². The van der Waals surface area contributed by atoms with Crippen LogP contribution in [0.2, 0.25) is 0 Å². The Hall–Kier alpha value is -2.15. The van der Waals surface area contributed by atoms with Crippen LogP contribution in [0.5, 0.6) is 0 Å². The van der Waals surface area contributed by atoms with Gasteiger partial charge in [0.2, 0.25) is 0 Å². The number of nitro benzene ring substituents is 1. The van der Waals surface area contributed by atoms with E-state index >= 15 is 0 Å². The first kappa shape index (κ1) is 15.2. The minimum atomic E-state index is -1.29. The normalized spacial score (nSPS) is 15.7.